The molecule has 0 aromatic heterocycles. The Bertz CT molecular complexity index is 323. The molecule has 1 aromatic rings. The third kappa shape index (κ3) is 3.01. The molecule has 2 nitrogen and oxygen atoms in total. The Morgan fingerprint density at radius 2 is 2.00 bits per heavy atom. The predicted octanol–water partition coefficient (Wildman–Crippen LogP) is 3.04. The normalized spacial score (nSPS) is 24.9. The number of rotatable bonds is 4. The summed E-state index contributed by atoms with van der Waals surface area (Å²) in [7, 11) is 0. The number of hydrogen-bond acceptors (Lipinski definition) is 2. The summed E-state index contributed by atoms with van der Waals surface area (Å²) in [6.45, 7) is 6.81. The van der Waals surface area contributed by atoms with Crippen molar-refractivity contribution in [3.8, 4) is 0 Å². The number of nitrogens with zero attached hydrogens (tertiary/aromatic N) is 1. The summed E-state index contributed by atoms with van der Waals surface area (Å²) in [6.07, 6.45) is 3.75. The lowest BCUT2D eigenvalue weighted by Gasteiger charge is -2.41. The fourth-order valence-corrected chi connectivity index (χ4v) is 2.71. The van der Waals surface area contributed by atoms with Crippen LogP contribution in [0.15, 0.2) is 30.3 Å². The van der Waals surface area contributed by atoms with Crippen LogP contribution in [-0.2, 0) is 0 Å². The van der Waals surface area contributed by atoms with E-state index in [0.717, 1.165) is 13.1 Å². The van der Waals surface area contributed by atoms with Gasteiger partial charge < -0.3 is 10.2 Å². The molecule has 1 heterocycles. The molecule has 2 heteroatoms. The summed E-state index contributed by atoms with van der Waals surface area (Å²) in [5.41, 5.74) is 1.38. The van der Waals surface area contributed by atoms with Gasteiger partial charge in [-0.15, -0.1) is 0 Å². The highest BCUT2D eigenvalue weighted by molar-refractivity contribution is 5.48. The van der Waals surface area contributed by atoms with Crippen LogP contribution >= 0.6 is 0 Å². The molecule has 0 radical (unpaired) electrons. The summed E-state index contributed by atoms with van der Waals surface area (Å²) in [4.78, 5) is 2.58. The largest absolute Gasteiger partial charge is 0.366 e. The number of piperazine rings is 1. The van der Waals surface area contributed by atoms with E-state index >= 15 is 0 Å². The van der Waals surface area contributed by atoms with Gasteiger partial charge in [0.2, 0.25) is 0 Å². The van der Waals surface area contributed by atoms with Crippen molar-refractivity contribution in [1.29, 1.82) is 0 Å². The van der Waals surface area contributed by atoms with Crippen LogP contribution in [0.25, 0.3) is 0 Å². The van der Waals surface area contributed by atoms with Gasteiger partial charge in [0.25, 0.3) is 0 Å². The molecular formula is C15H24N2. The Balaban J connectivity index is 2.10. The van der Waals surface area contributed by atoms with Gasteiger partial charge in [0.1, 0.15) is 0 Å². The lowest BCUT2D eigenvalue weighted by molar-refractivity contribution is 0.369. The molecule has 2 rings (SSSR count). The monoisotopic (exact) mass is 232 g/mol. The van der Waals surface area contributed by atoms with Crippen molar-refractivity contribution in [2.45, 2.75) is 45.2 Å². The van der Waals surface area contributed by atoms with E-state index in [0.29, 0.717) is 12.1 Å². The minimum absolute atomic E-state index is 0.644. The number of benzene rings is 1. The first kappa shape index (κ1) is 12.4. The second kappa shape index (κ2) is 6.06. The molecule has 1 aromatic carbocycles. The van der Waals surface area contributed by atoms with E-state index in [9.17, 15) is 0 Å². The molecule has 0 saturated carbocycles. The Morgan fingerprint density at radius 3 is 2.65 bits per heavy atom. The first-order valence-corrected chi connectivity index (χ1v) is 6.90. The zero-order valence-electron chi connectivity index (χ0n) is 11.0. The molecule has 1 aliphatic rings. The van der Waals surface area contributed by atoms with Crippen molar-refractivity contribution in [1.82, 2.24) is 5.32 Å². The zero-order chi connectivity index (χ0) is 12.1. The van der Waals surface area contributed by atoms with E-state index in [2.05, 4.69) is 54.4 Å². The first-order chi connectivity index (χ1) is 8.35. The number of anilines is 1. The van der Waals surface area contributed by atoms with E-state index in [1.807, 2.05) is 0 Å². The van der Waals surface area contributed by atoms with E-state index in [1.54, 1.807) is 0 Å². The number of para-hydroxylation sites is 1. The second-order valence-electron chi connectivity index (χ2n) is 4.94. The Morgan fingerprint density at radius 1 is 1.24 bits per heavy atom. The smallest absolute Gasteiger partial charge is 0.0412 e. The van der Waals surface area contributed by atoms with Gasteiger partial charge in [0, 0.05) is 30.9 Å². The zero-order valence-corrected chi connectivity index (χ0v) is 11.0. The molecule has 1 aliphatic heterocycles. The topological polar surface area (TPSA) is 15.3 Å². The molecule has 2 atom stereocenters. The standard InChI is InChI=1S/C15H24N2/c1-3-8-13-12-17(14(4-2)11-16-13)15-9-6-5-7-10-15/h5-7,9-10,13-14,16H,3-4,8,11-12H2,1-2H3. The van der Waals surface area contributed by atoms with E-state index in [1.165, 1.54) is 24.9 Å². The van der Waals surface area contributed by atoms with Gasteiger partial charge in [-0.3, -0.25) is 0 Å². The van der Waals surface area contributed by atoms with E-state index in [4.69, 9.17) is 0 Å². The van der Waals surface area contributed by atoms with Crippen LogP contribution in [0.2, 0.25) is 0 Å². The van der Waals surface area contributed by atoms with Crippen molar-refractivity contribution < 1.29 is 0 Å². The Labute approximate surface area is 105 Å². The van der Waals surface area contributed by atoms with Crippen LogP contribution in [0.4, 0.5) is 5.69 Å². The molecule has 0 bridgehead atoms. The first-order valence-electron chi connectivity index (χ1n) is 6.90. The molecule has 0 aliphatic carbocycles. The van der Waals surface area contributed by atoms with Crippen LogP contribution in [0.3, 0.4) is 0 Å². The maximum absolute atomic E-state index is 3.68. The second-order valence-corrected chi connectivity index (χ2v) is 4.94. The molecule has 94 valence electrons. The molecular weight excluding hydrogens is 208 g/mol. The molecule has 1 saturated heterocycles. The average Bonchev–Trinajstić information content (AvgIpc) is 2.40. The van der Waals surface area contributed by atoms with Crippen LogP contribution < -0.4 is 10.2 Å². The third-order valence-corrected chi connectivity index (χ3v) is 3.70. The van der Waals surface area contributed by atoms with Crippen LogP contribution in [0.1, 0.15) is 33.1 Å². The van der Waals surface area contributed by atoms with Gasteiger partial charge in [-0.1, -0.05) is 38.5 Å². The van der Waals surface area contributed by atoms with E-state index in [-0.39, 0.29) is 0 Å². The Hall–Kier alpha value is -1.02. The highest BCUT2D eigenvalue weighted by Gasteiger charge is 2.25. The predicted molar refractivity (Wildman–Crippen MR) is 74.6 cm³/mol. The maximum atomic E-state index is 3.68. The van der Waals surface area contributed by atoms with Crippen molar-refractivity contribution >= 4 is 5.69 Å². The lowest BCUT2D eigenvalue weighted by atomic mass is 10.0. The molecule has 0 amide bonds. The van der Waals surface area contributed by atoms with Gasteiger partial charge in [-0.25, -0.2) is 0 Å². The van der Waals surface area contributed by atoms with Gasteiger partial charge in [0.15, 0.2) is 0 Å². The summed E-state index contributed by atoms with van der Waals surface area (Å²) in [6, 6.07) is 12.1. The molecule has 1 fully saturated rings. The molecule has 1 N–H and O–H groups in total. The maximum Gasteiger partial charge on any atom is 0.0412 e. The van der Waals surface area contributed by atoms with Gasteiger partial charge in [0.05, 0.1) is 0 Å². The summed E-state index contributed by atoms with van der Waals surface area (Å²) in [5.74, 6) is 0. The molecule has 2 unspecified atom stereocenters. The highest BCUT2D eigenvalue weighted by Crippen LogP contribution is 2.21. The van der Waals surface area contributed by atoms with Gasteiger partial charge in [-0.05, 0) is 25.0 Å². The Kier molecular flexibility index (Phi) is 4.43. The summed E-state index contributed by atoms with van der Waals surface area (Å²) in [5, 5.41) is 3.68. The van der Waals surface area contributed by atoms with Crippen molar-refractivity contribution in [3.05, 3.63) is 30.3 Å². The fraction of sp³-hybridized carbons (Fsp3) is 0.600. The minimum Gasteiger partial charge on any atom is -0.366 e. The molecule has 17 heavy (non-hydrogen) atoms. The van der Waals surface area contributed by atoms with Crippen molar-refractivity contribution in [2.24, 2.45) is 0 Å². The average molecular weight is 232 g/mol. The summed E-state index contributed by atoms with van der Waals surface area (Å²) >= 11 is 0. The quantitative estimate of drug-likeness (QED) is 0.858. The van der Waals surface area contributed by atoms with E-state index < -0.39 is 0 Å². The lowest BCUT2D eigenvalue weighted by Crippen LogP contribution is -2.56. The third-order valence-electron chi connectivity index (χ3n) is 3.70. The van der Waals surface area contributed by atoms with Crippen molar-refractivity contribution in [3.63, 3.8) is 0 Å². The SMILES string of the molecule is CCCC1CN(c2ccccc2)C(CC)CN1. The van der Waals surface area contributed by atoms with Gasteiger partial charge >= 0.3 is 0 Å². The highest BCUT2D eigenvalue weighted by atomic mass is 15.2. The van der Waals surface area contributed by atoms with Gasteiger partial charge in [-0.2, -0.15) is 0 Å². The van der Waals surface area contributed by atoms with Crippen LogP contribution in [0.5, 0.6) is 0 Å². The van der Waals surface area contributed by atoms with Crippen molar-refractivity contribution in [2.75, 3.05) is 18.0 Å². The summed E-state index contributed by atoms with van der Waals surface area (Å²) < 4.78 is 0. The molecule has 0 spiro atoms. The minimum atomic E-state index is 0.644. The van der Waals surface area contributed by atoms with Crippen LogP contribution in [0, 0.1) is 0 Å². The van der Waals surface area contributed by atoms with Crippen LogP contribution in [-0.4, -0.2) is 25.2 Å². The fourth-order valence-electron chi connectivity index (χ4n) is 2.71. The number of hydrogen-bond donors (Lipinski definition) is 1. The number of nitrogens with one attached hydrogen (secondary N) is 1.